The van der Waals surface area contributed by atoms with E-state index in [0.29, 0.717) is 31.8 Å². The van der Waals surface area contributed by atoms with E-state index >= 15 is 0 Å². The van der Waals surface area contributed by atoms with Crippen LogP contribution in [0.4, 0.5) is 0 Å². The van der Waals surface area contributed by atoms with Crippen LogP contribution in [0, 0.1) is 0 Å². The molecule has 0 spiro atoms. The first-order valence-corrected chi connectivity index (χ1v) is 35.0. The molecule has 0 nitrogen and oxygen atoms in total. The fourth-order valence-corrected chi connectivity index (χ4v) is 72.3. The molecule has 0 N–H and O–H groups in total. The molecule has 0 amide bonds. The molecule has 0 radical (unpaired) electrons. The third-order valence-electron chi connectivity index (χ3n) is 14.9. The van der Waals surface area contributed by atoms with Crippen LogP contribution in [0.1, 0.15) is 238 Å². The van der Waals surface area contributed by atoms with Crippen molar-refractivity contribution < 1.29 is 40.5 Å². The van der Waals surface area contributed by atoms with Crippen molar-refractivity contribution in [1.82, 2.24) is 0 Å². The summed E-state index contributed by atoms with van der Waals surface area (Å²) >= 11 is -6.55. The topological polar surface area (TPSA) is 0 Å². The molecule has 0 fully saturated rings. The van der Waals surface area contributed by atoms with Crippen LogP contribution in [-0.2, 0) is 40.5 Å². The first kappa shape index (κ1) is 45.4. The summed E-state index contributed by atoms with van der Waals surface area (Å²) in [6, 6.07) is 10.8. The van der Waals surface area contributed by atoms with Crippen LogP contribution in [-0.4, -0.2) is 0 Å². The molecule has 0 aliphatic heterocycles. The summed E-state index contributed by atoms with van der Waals surface area (Å²) in [7, 11) is 0. The minimum absolute atomic E-state index is 0.485. The van der Waals surface area contributed by atoms with Gasteiger partial charge in [0.2, 0.25) is 0 Å². The molecule has 0 saturated carbocycles. The molecule has 2 heteroatoms. The van der Waals surface area contributed by atoms with Gasteiger partial charge in [0, 0.05) is 0 Å². The van der Waals surface area contributed by atoms with E-state index in [1.807, 2.05) is 0 Å². The first-order chi connectivity index (χ1) is 25.0. The van der Waals surface area contributed by atoms with Crippen molar-refractivity contribution in [2.24, 2.45) is 0 Å². The van der Waals surface area contributed by atoms with E-state index < -0.39 is 40.5 Å². The number of benzene rings is 2. The summed E-state index contributed by atoms with van der Waals surface area (Å²) in [5.74, 6) is 2.22. The molecule has 4 rings (SSSR count). The zero-order valence-electron chi connectivity index (χ0n) is 37.9. The normalized spacial score (nSPS) is 17.7. The summed E-state index contributed by atoms with van der Waals surface area (Å²) in [6.45, 7) is 40.8. The molecule has 0 bridgehead atoms. The zero-order valence-corrected chi connectivity index (χ0v) is 42.8. The summed E-state index contributed by atoms with van der Waals surface area (Å²) in [5.41, 5.74) is 16.8. The van der Waals surface area contributed by atoms with Gasteiger partial charge >= 0.3 is 343 Å². The second-order valence-corrected chi connectivity index (χ2v) is 48.1. The summed E-state index contributed by atoms with van der Waals surface area (Å²) < 4.78 is 8.18. The molecular formula is C51H84Zr2. The Balaban J connectivity index is 2.18. The quantitative estimate of drug-likeness (QED) is 0.124. The predicted octanol–water partition coefficient (Wildman–Crippen LogP) is 18.1. The van der Waals surface area contributed by atoms with Crippen molar-refractivity contribution >= 4 is 12.2 Å². The molecule has 296 valence electrons. The fourth-order valence-electron chi connectivity index (χ4n) is 11.7. The third kappa shape index (κ3) is 8.62. The molecule has 0 heterocycles. The van der Waals surface area contributed by atoms with Gasteiger partial charge < -0.3 is 0 Å². The Labute approximate surface area is 340 Å². The molecule has 2 aliphatic rings. The summed E-state index contributed by atoms with van der Waals surface area (Å²) in [4.78, 5) is 0. The molecule has 2 aromatic carbocycles. The summed E-state index contributed by atoms with van der Waals surface area (Å²) in [6.07, 6.45) is 16.5. The molecule has 2 aliphatic carbocycles. The van der Waals surface area contributed by atoms with Gasteiger partial charge in [0.25, 0.3) is 0 Å². The molecule has 2 atom stereocenters. The Morgan fingerprint density at radius 2 is 0.792 bits per heavy atom. The maximum absolute atomic E-state index is 3.27. The van der Waals surface area contributed by atoms with E-state index in [0.717, 1.165) is 0 Å². The minimum atomic E-state index is -3.27. The van der Waals surface area contributed by atoms with Crippen LogP contribution >= 0.6 is 0 Å². The van der Waals surface area contributed by atoms with Crippen molar-refractivity contribution in [1.29, 1.82) is 0 Å². The van der Waals surface area contributed by atoms with Crippen molar-refractivity contribution in [2.75, 3.05) is 0 Å². The number of hydrogen-bond acceptors (Lipinski definition) is 0. The van der Waals surface area contributed by atoms with Gasteiger partial charge in [-0.05, 0) is 0 Å². The molecule has 53 heavy (non-hydrogen) atoms. The zero-order chi connectivity index (χ0) is 39.5. The third-order valence-corrected chi connectivity index (χ3v) is 63.1. The van der Waals surface area contributed by atoms with E-state index in [9.17, 15) is 0 Å². The van der Waals surface area contributed by atoms with Crippen molar-refractivity contribution in [2.45, 2.75) is 210 Å². The SMILES string of the molecule is CCC[CH2][Zr]([CH2]CCC)([CH]1C(C)=Cc2c(C(C)C)cc(C(C)C)cc21)[C](C)(C)[Zr]([CH2]CCC)([CH2]CCC)[CH]1C(C)=Cc2c(C(C)C)cc(C(C)C)cc21. The van der Waals surface area contributed by atoms with Crippen LogP contribution in [0.2, 0.25) is 17.3 Å². The van der Waals surface area contributed by atoms with E-state index in [1.165, 1.54) is 51.4 Å². The molecule has 0 aromatic heterocycles. The van der Waals surface area contributed by atoms with E-state index in [-0.39, 0.29) is 0 Å². The average Bonchev–Trinajstić information content (AvgIpc) is 3.62. The van der Waals surface area contributed by atoms with E-state index in [2.05, 4.69) is 147 Å². The van der Waals surface area contributed by atoms with Gasteiger partial charge in [0.1, 0.15) is 0 Å². The van der Waals surface area contributed by atoms with Crippen LogP contribution in [0.3, 0.4) is 0 Å². The van der Waals surface area contributed by atoms with Crippen LogP contribution in [0.25, 0.3) is 12.2 Å². The fraction of sp³-hybridized carbons (Fsp3) is 0.686. The van der Waals surface area contributed by atoms with Gasteiger partial charge in [-0.25, -0.2) is 0 Å². The number of fused-ring (bicyclic) bond motifs is 2. The first-order valence-electron chi connectivity index (χ1n) is 22.7. The predicted molar refractivity (Wildman–Crippen MR) is 235 cm³/mol. The van der Waals surface area contributed by atoms with Crippen molar-refractivity contribution in [3.05, 3.63) is 79.9 Å². The van der Waals surface area contributed by atoms with Gasteiger partial charge in [-0.3, -0.25) is 0 Å². The Morgan fingerprint density at radius 1 is 0.491 bits per heavy atom. The number of unbranched alkanes of at least 4 members (excludes halogenated alkanes) is 4. The number of allylic oxidation sites excluding steroid dienone is 2. The standard InChI is InChI=1S/2C16H21.4C4H9.C3H6.2Zr/c2*1-10(2)13-8-14-6-12(5)7-16(14)15(9-13)11(3)4;4*1-3-4-2;1-3-2;;/h2*6-11H,1-5H3;4*1,3-4H2,2H3;1-2H3;;. The van der Waals surface area contributed by atoms with E-state index in [4.69, 9.17) is 0 Å². The number of rotatable bonds is 20. The Kier molecular flexibility index (Phi) is 16.2. The Hall–Kier alpha value is -0.314. The van der Waals surface area contributed by atoms with Crippen LogP contribution in [0.5, 0.6) is 0 Å². The molecular weight excluding hydrogens is 795 g/mol. The van der Waals surface area contributed by atoms with Gasteiger partial charge in [0.15, 0.2) is 0 Å². The van der Waals surface area contributed by atoms with Crippen LogP contribution < -0.4 is 0 Å². The van der Waals surface area contributed by atoms with E-state index in [1.54, 1.807) is 72.2 Å². The average molecular weight is 880 g/mol. The van der Waals surface area contributed by atoms with Gasteiger partial charge in [-0.1, -0.05) is 0 Å². The second kappa shape index (κ2) is 19.0. The number of hydrogen-bond donors (Lipinski definition) is 0. The second-order valence-electron chi connectivity index (χ2n) is 19.8. The molecule has 2 aromatic rings. The monoisotopic (exact) mass is 876 g/mol. The van der Waals surface area contributed by atoms with Gasteiger partial charge in [-0.2, -0.15) is 0 Å². The molecule has 0 saturated heterocycles. The van der Waals surface area contributed by atoms with Gasteiger partial charge in [-0.15, -0.1) is 0 Å². The summed E-state index contributed by atoms with van der Waals surface area (Å²) in [5, 5.41) is 0. The van der Waals surface area contributed by atoms with Gasteiger partial charge in [0.05, 0.1) is 0 Å². The van der Waals surface area contributed by atoms with Crippen molar-refractivity contribution in [3.8, 4) is 0 Å². The Morgan fingerprint density at radius 3 is 1.04 bits per heavy atom. The maximum atomic E-state index is 3.03. The molecule has 2 unspecified atom stereocenters. The van der Waals surface area contributed by atoms with Crippen molar-refractivity contribution in [3.63, 3.8) is 0 Å². The Bertz CT molecular complexity index is 1460. The van der Waals surface area contributed by atoms with Crippen LogP contribution in [0.15, 0.2) is 35.4 Å².